The van der Waals surface area contributed by atoms with E-state index in [1.54, 1.807) is 6.20 Å². The molecule has 1 unspecified atom stereocenters. The third-order valence-electron chi connectivity index (χ3n) is 3.48. The van der Waals surface area contributed by atoms with Crippen molar-refractivity contribution in [3.05, 3.63) is 64.9 Å². The van der Waals surface area contributed by atoms with E-state index in [1.807, 2.05) is 49.4 Å². The Bertz CT molecular complexity index is 787. The van der Waals surface area contributed by atoms with Crippen LogP contribution in [0.25, 0.3) is 10.9 Å². The van der Waals surface area contributed by atoms with Gasteiger partial charge in [0.1, 0.15) is 5.82 Å². The van der Waals surface area contributed by atoms with Crippen LogP contribution in [0.15, 0.2) is 48.7 Å². The number of pyridine rings is 2. The summed E-state index contributed by atoms with van der Waals surface area (Å²) < 4.78 is 0. The van der Waals surface area contributed by atoms with Gasteiger partial charge in [-0.3, -0.25) is 4.98 Å². The number of hydrogen-bond donors (Lipinski definition) is 2. The van der Waals surface area contributed by atoms with Crippen LogP contribution in [0.4, 0.5) is 5.82 Å². The predicted octanol–water partition coefficient (Wildman–Crippen LogP) is 3.92. The summed E-state index contributed by atoms with van der Waals surface area (Å²) in [5.74, 6) is 0.751. The average Bonchev–Trinajstić information content (AvgIpc) is 2.53. The fourth-order valence-electron chi connectivity index (χ4n) is 2.34. The molecule has 1 atom stereocenters. The van der Waals surface area contributed by atoms with Crippen molar-refractivity contribution in [2.24, 2.45) is 5.73 Å². The molecule has 0 aliphatic rings. The van der Waals surface area contributed by atoms with Crippen LogP contribution in [-0.4, -0.2) is 9.97 Å². The van der Waals surface area contributed by atoms with Crippen molar-refractivity contribution in [3.8, 4) is 0 Å². The summed E-state index contributed by atoms with van der Waals surface area (Å²) in [6.07, 6.45) is 1.77. The molecular weight excluding hydrogens is 296 g/mol. The van der Waals surface area contributed by atoms with E-state index in [1.165, 1.54) is 0 Å². The highest BCUT2D eigenvalue weighted by Crippen LogP contribution is 2.28. The van der Waals surface area contributed by atoms with E-state index >= 15 is 0 Å². The lowest BCUT2D eigenvalue weighted by Gasteiger charge is -2.15. The first-order valence-electron chi connectivity index (χ1n) is 7.13. The lowest BCUT2D eigenvalue weighted by atomic mass is 10.1. The molecule has 0 aliphatic carbocycles. The van der Waals surface area contributed by atoms with Crippen molar-refractivity contribution in [1.82, 2.24) is 9.97 Å². The molecule has 0 radical (unpaired) electrons. The second-order valence-electron chi connectivity index (χ2n) is 5.20. The molecular formula is C17H17ClN4. The zero-order valence-corrected chi connectivity index (χ0v) is 13.0. The van der Waals surface area contributed by atoms with E-state index in [4.69, 9.17) is 17.3 Å². The SMILES string of the molecule is CC(N)c1cc2cccc(Cl)c2nc1NCc1ccccn1. The Morgan fingerprint density at radius 2 is 2.09 bits per heavy atom. The van der Waals surface area contributed by atoms with Gasteiger partial charge in [-0.15, -0.1) is 0 Å². The van der Waals surface area contributed by atoms with Gasteiger partial charge >= 0.3 is 0 Å². The minimum atomic E-state index is -0.123. The molecule has 0 saturated heterocycles. The van der Waals surface area contributed by atoms with Gasteiger partial charge in [-0.1, -0.05) is 29.8 Å². The van der Waals surface area contributed by atoms with Crippen LogP contribution in [0.2, 0.25) is 5.02 Å². The number of anilines is 1. The van der Waals surface area contributed by atoms with E-state index < -0.39 is 0 Å². The molecule has 2 aromatic heterocycles. The van der Waals surface area contributed by atoms with E-state index in [2.05, 4.69) is 15.3 Å². The third-order valence-corrected chi connectivity index (χ3v) is 3.78. The van der Waals surface area contributed by atoms with Crippen molar-refractivity contribution in [3.63, 3.8) is 0 Å². The summed E-state index contributed by atoms with van der Waals surface area (Å²) >= 11 is 6.24. The van der Waals surface area contributed by atoms with Crippen molar-refractivity contribution in [2.45, 2.75) is 19.5 Å². The highest BCUT2D eigenvalue weighted by molar-refractivity contribution is 6.35. The average molecular weight is 313 g/mol. The fraction of sp³-hybridized carbons (Fsp3) is 0.176. The van der Waals surface area contributed by atoms with Gasteiger partial charge in [0.25, 0.3) is 0 Å². The van der Waals surface area contributed by atoms with Gasteiger partial charge in [0.15, 0.2) is 0 Å². The molecule has 2 heterocycles. The predicted molar refractivity (Wildman–Crippen MR) is 90.9 cm³/mol. The lowest BCUT2D eigenvalue weighted by molar-refractivity contribution is 0.813. The van der Waals surface area contributed by atoms with E-state index in [0.717, 1.165) is 28.0 Å². The summed E-state index contributed by atoms with van der Waals surface area (Å²) in [5, 5.41) is 4.94. The first-order chi connectivity index (χ1) is 10.6. The maximum Gasteiger partial charge on any atom is 0.131 e. The number of aromatic nitrogens is 2. The Morgan fingerprint density at radius 3 is 2.82 bits per heavy atom. The smallest absolute Gasteiger partial charge is 0.131 e. The Morgan fingerprint density at radius 1 is 1.23 bits per heavy atom. The van der Waals surface area contributed by atoms with Crippen LogP contribution < -0.4 is 11.1 Å². The molecule has 4 nitrogen and oxygen atoms in total. The van der Waals surface area contributed by atoms with Crippen LogP contribution in [0, 0.1) is 0 Å². The second-order valence-corrected chi connectivity index (χ2v) is 5.61. The van der Waals surface area contributed by atoms with Gasteiger partial charge < -0.3 is 11.1 Å². The van der Waals surface area contributed by atoms with Crippen molar-refractivity contribution >= 4 is 28.3 Å². The molecule has 3 aromatic rings. The normalized spacial score (nSPS) is 12.3. The van der Waals surface area contributed by atoms with Gasteiger partial charge in [0.05, 0.1) is 22.8 Å². The number of nitrogens with zero attached hydrogens (tertiary/aromatic N) is 2. The van der Waals surface area contributed by atoms with Gasteiger partial charge in [-0.05, 0) is 31.2 Å². The molecule has 3 N–H and O–H groups in total. The zero-order valence-electron chi connectivity index (χ0n) is 12.3. The highest BCUT2D eigenvalue weighted by atomic mass is 35.5. The first kappa shape index (κ1) is 14.8. The number of nitrogens with one attached hydrogen (secondary N) is 1. The monoisotopic (exact) mass is 312 g/mol. The molecule has 112 valence electrons. The van der Waals surface area contributed by atoms with Gasteiger partial charge in [0.2, 0.25) is 0 Å². The number of benzene rings is 1. The quantitative estimate of drug-likeness (QED) is 0.766. The Labute approximate surface area is 134 Å². The van der Waals surface area contributed by atoms with Crippen molar-refractivity contribution < 1.29 is 0 Å². The fourth-order valence-corrected chi connectivity index (χ4v) is 2.57. The molecule has 22 heavy (non-hydrogen) atoms. The topological polar surface area (TPSA) is 63.8 Å². The maximum absolute atomic E-state index is 6.24. The van der Waals surface area contributed by atoms with Crippen LogP contribution >= 0.6 is 11.6 Å². The number of rotatable bonds is 4. The summed E-state index contributed by atoms with van der Waals surface area (Å²) in [6, 6.07) is 13.5. The van der Waals surface area contributed by atoms with Gasteiger partial charge in [0, 0.05) is 23.2 Å². The molecule has 0 saturated carbocycles. The number of nitrogens with two attached hydrogens (primary N) is 1. The molecule has 0 fully saturated rings. The highest BCUT2D eigenvalue weighted by Gasteiger charge is 2.12. The summed E-state index contributed by atoms with van der Waals surface area (Å²) in [6.45, 7) is 2.53. The van der Waals surface area contributed by atoms with E-state index in [-0.39, 0.29) is 6.04 Å². The Kier molecular flexibility index (Phi) is 4.22. The molecule has 0 bridgehead atoms. The van der Waals surface area contributed by atoms with Crippen molar-refractivity contribution in [1.29, 1.82) is 0 Å². The summed E-state index contributed by atoms with van der Waals surface area (Å²) in [5.41, 5.74) is 8.77. The number of halogens is 1. The molecule has 3 rings (SSSR count). The number of hydrogen-bond acceptors (Lipinski definition) is 4. The third kappa shape index (κ3) is 3.03. The van der Waals surface area contributed by atoms with E-state index in [0.29, 0.717) is 11.6 Å². The lowest BCUT2D eigenvalue weighted by Crippen LogP contribution is -2.12. The zero-order chi connectivity index (χ0) is 15.5. The summed E-state index contributed by atoms with van der Waals surface area (Å²) in [7, 11) is 0. The van der Waals surface area contributed by atoms with Gasteiger partial charge in [-0.2, -0.15) is 0 Å². The van der Waals surface area contributed by atoms with Crippen LogP contribution in [0.5, 0.6) is 0 Å². The maximum atomic E-state index is 6.24. The molecule has 0 aliphatic heterocycles. The second kappa shape index (κ2) is 6.30. The van der Waals surface area contributed by atoms with Crippen molar-refractivity contribution in [2.75, 3.05) is 5.32 Å². The minimum Gasteiger partial charge on any atom is -0.364 e. The minimum absolute atomic E-state index is 0.123. The van der Waals surface area contributed by atoms with Crippen LogP contribution in [0.3, 0.4) is 0 Å². The molecule has 1 aromatic carbocycles. The largest absolute Gasteiger partial charge is 0.364 e. The van der Waals surface area contributed by atoms with Crippen LogP contribution in [-0.2, 0) is 6.54 Å². The Balaban J connectivity index is 1.99. The number of para-hydroxylation sites is 1. The molecule has 0 spiro atoms. The molecule has 0 amide bonds. The first-order valence-corrected chi connectivity index (χ1v) is 7.51. The summed E-state index contributed by atoms with van der Waals surface area (Å²) in [4.78, 5) is 8.96. The standard InChI is InChI=1S/C17H17ClN4/c1-11(19)14-9-12-5-4-7-15(18)16(12)22-17(14)21-10-13-6-2-3-8-20-13/h2-9,11H,10,19H2,1H3,(H,21,22). The number of fused-ring (bicyclic) bond motifs is 1. The van der Waals surface area contributed by atoms with Gasteiger partial charge in [-0.25, -0.2) is 4.98 Å². The van der Waals surface area contributed by atoms with E-state index in [9.17, 15) is 0 Å². The Hall–Kier alpha value is -2.17. The molecule has 5 heteroatoms. The van der Waals surface area contributed by atoms with Crippen LogP contribution in [0.1, 0.15) is 24.2 Å².